The first kappa shape index (κ1) is 12.8. The Kier molecular flexibility index (Phi) is 3.17. The molecule has 0 spiro atoms. The van der Waals surface area contributed by atoms with Gasteiger partial charge in [0, 0.05) is 24.7 Å². The highest BCUT2D eigenvalue weighted by Gasteiger charge is 2.44. The summed E-state index contributed by atoms with van der Waals surface area (Å²) < 4.78 is 13.5. The molecule has 3 unspecified atom stereocenters. The lowest BCUT2D eigenvalue weighted by molar-refractivity contribution is -0.140. The Morgan fingerprint density at radius 3 is 3.05 bits per heavy atom. The van der Waals surface area contributed by atoms with E-state index in [4.69, 9.17) is 0 Å². The molecule has 3 nitrogen and oxygen atoms in total. The minimum atomic E-state index is -0.836. The van der Waals surface area contributed by atoms with Crippen molar-refractivity contribution >= 4 is 23.4 Å². The quantitative estimate of drug-likeness (QED) is 0.859. The summed E-state index contributed by atoms with van der Waals surface area (Å²) in [6.45, 7) is 0. The van der Waals surface area contributed by atoms with Crippen molar-refractivity contribution in [3.05, 3.63) is 29.6 Å². The average molecular weight is 281 g/mol. The van der Waals surface area contributed by atoms with E-state index in [1.807, 2.05) is 7.05 Å². The minimum absolute atomic E-state index is 0.0653. The number of aliphatic carboxylic acids is 1. The van der Waals surface area contributed by atoms with Crippen molar-refractivity contribution in [1.29, 1.82) is 0 Å². The van der Waals surface area contributed by atoms with Gasteiger partial charge in [-0.3, -0.25) is 4.79 Å². The summed E-state index contributed by atoms with van der Waals surface area (Å²) in [6, 6.07) is 4.76. The highest BCUT2D eigenvalue weighted by Crippen LogP contribution is 2.46. The first-order valence-electron chi connectivity index (χ1n) is 6.42. The SMILES string of the molecule is CN1c2ccc(F)cc2C(C(=O)O)C2CSCCC21. The Morgan fingerprint density at radius 1 is 1.53 bits per heavy atom. The molecule has 1 aromatic carbocycles. The van der Waals surface area contributed by atoms with Crippen LogP contribution >= 0.6 is 11.8 Å². The van der Waals surface area contributed by atoms with Crippen LogP contribution in [0, 0.1) is 11.7 Å². The summed E-state index contributed by atoms with van der Waals surface area (Å²) in [5.74, 6) is 0.184. The molecule has 2 heterocycles. The molecule has 2 aliphatic rings. The summed E-state index contributed by atoms with van der Waals surface area (Å²) in [5.41, 5.74) is 1.49. The van der Waals surface area contributed by atoms with Crippen molar-refractivity contribution in [3.63, 3.8) is 0 Å². The topological polar surface area (TPSA) is 40.5 Å². The van der Waals surface area contributed by atoms with Crippen LogP contribution in [-0.4, -0.2) is 35.7 Å². The zero-order chi connectivity index (χ0) is 13.6. The van der Waals surface area contributed by atoms with Gasteiger partial charge in [0.15, 0.2) is 0 Å². The molecule has 1 aromatic rings. The molecule has 0 aromatic heterocycles. The normalized spacial score (nSPS) is 29.6. The molecule has 0 bridgehead atoms. The maximum atomic E-state index is 13.5. The van der Waals surface area contributed by atoms with Crippen molar-refractivity contribution in [3.8, 4) is 0 Å². The Hall–Kier alpha value is -1.23. The van der Waals surface area contributed by atoms with Crippen LogP contribution in [0.4, 0.5) is 10.1 Å². The van der Waals surface area contributed by atoms with Crippen LogP contribution in [0.5, 0.6) is 0 Å². The fraction of sp³-hybridized carbons (Fsp3) is 0.500. The highest BCUT2D eigenvalue weighted by atomic mass is 32.2. The molecular weight excluding hydrogens is 265 g/mol. The molecule has 3 rings (SSSR count). The van der Waals surface area contributed by atoms with Crippen LogP contribution < -0.4 is 4.90 Å². The van der Waals surface area contributed by atoms with Crippen molar-refractivity contribution in [2.45, 2.75) is 18.4 Å². The molecule has 0 saturated carbocycles. The van der Waals surface area contributed by atoms with E-state index in [1.54, 1.807) is 17.8 Å². The minimum Gasteiger partial charge on any atom is -0.481 e. The van der Waals surface area contributed by atoms with Gasteiger partial charge >= 0.3 is 5.97 Å². The van der Waals surface area contributed by atoms with Gasteiger partial charge in [-0.05, 0) is 41.7 Å². The van der Waals surface area contributed by atoms with E-state index in [0.717, 1.165) is 23.6 Å². The predicted molar refractivity (Wildman–Crippen MR) is 74.4 cm³/mol. The van der Waals surface area contributed by atoms with Crippen LogP contribution in [0.1, 0.15) is 17.9 Å². The third kappa shape index (κ3) is 2.00. The van der Waals surface area contributed by atoms with Crippen LogP contribution in [0.15, 0.2) is 18.2 Å². The van der Waals surface area contributed by atoms with Crippen LogP contribution in [-0.2, 0) is 4.79 Å². The number of anilines is 1. The smallest absolute Gasteiger partial charge is 0.311 e. The van der Waals surface area contributed by atoms with E-state index in [1.165, 1.54) is 12.1 Å². The lowest BCUT2D eigenvalue weighted by atomic mass is 9.76. The van der Waals surface area contributed by atoms with Crippen molar-refractivity contribution < 1.29 is 14.3 Å². The predicted octanol–water partition coefficient (Wildman–Crippen LogP) is 2.57. The summed E-state index contributed by atoms with van der Waals surface area (Å²) in [5, 5.41) is 9.55. The number of nitrogens with zero attached hydrogens (tertiary/aromatic N) is 1. The number of carboxylic acids is 1. The number of carboxylic acid groups (broad SMARTS) is 1. The number of hydrogen-bond acceptors (Lipinski definition) is 3. The number of rotatable bonds is 1. The van der Waals surface area contributed by atoms with Crippen molar-refractivity contribution in [2.24, 2.45) is 5.92 Å². The molecule has 1 saturated heterocycles. The second-order valence-electron chi connectivity index (χ2n) is 5.22. The first-order valence-corrected chi connectivity index (χ1v) is 7.58. The van der Waals surface area contributed by atoms with Gasteiger partial charge in [-0.2, -0.15) is 11.8 Å². The molecule has 102 valence electrons. The lowest BCUT2D eigenvalue weighted by Gasteiger charge is -2.46. The zero-order valence-corrected chi connectivity index (χ0v) is 11.5. The molecule has 0 aliphatic carbocycles. The van der Waals surface area contributed by atoms with Gasteiger partial charge in [0.2, 0.25) is 0 Å². The molecule has 0 amide bonds. The molecular formula is C14H16FNO2S. The van der Waals surface area contributed by atoms with Gasteiger partial charge in [-0.25, -0.2) is 4.39 Å². The molecule has 3 atom stereocenters. The van der Waals surface area contributed by atoms with Gasteiger partial charge in [0.25, 0.3) is 0 Å². The number of halogens is 1. The third-order valence-electron chi connectivity index (χ3n) is 4.26. The highest BCUT2D eigenvalue weighted by molar-refractivity contribution is 7.99. The number of hydrogen-bond donors (Lipinski definition) is 1. The van der Waals surface area contributed by atoms with Gasteiger partial charge < -0.3 is 10.0 Å². The van der Waals surface area contributed by atoms with E-state index in [9.17, 15) is 14.3 Å². The first-order chi connectivity index (χ1) is 9.09. The van der Waals surface area contributed by atoms with Gasteiger partial charge in [-0.15, -0.1) is 0 Å². The van der Waals surface area contributed by atoms with E-state index in [-0.39, 0.29) is 17.8 Å². The van der Waals surface area contributed by atoms with Crippen LogP contribution in [0.25, 0.3) is 0 Å². The monoisotopic (exact) mass is 281 g/mol. The fourth-order valence-corrected chi connectivity index (χ4v) is 4.63. The van der Waals surface area contributed by atoms with E-state index >= 15 is 0 Å². The zero-order valence-electron chi connectivity index (χ0n) is 10.7. The summed E-state index contributed by atoms with van der Waals surface area (Å²) in [4.78, 5) is 13.8. The lowest BCUT2D eigenvalue weighted by Crippen LogP contribution is -2.50. The number of fused-ring (bicyclic) bond motifs is 2. The number of benzene rings is 1. The fourth-order valence-electron chi connectivity index (χ4n) is 3.37. The Balaban J connectivity index is 2.13. The molecule has 0 radical (unpaired) electrons. The summed E-state index contributed by atoms with van der Waals surface area (Å²) in [6.07, 6.45) is 0.992. The largest absolute Gasteiger partial charge is 0.481 e. The standard InChI is InChI=1S/C14H16FNO2S/c1-16-11-3-2-8(15)6-9(11)13(14(17)18)10-7-19-5-4-12(10)16/h2-3,6,10,12-13H,4-5,7H2,1H3,(H,17,18). The molecule has 1 N–H and O–H groups in total. The van der Waals surface area contributed by atoms with Gasteiger partial charge in [0.05, 0.1) is 5.92 Å². The van der Waals surface area contributed by atoms with Crippen molar-refractivity contribution in [2.75, 3.05) is 23.5 Å². The van der Waals surface area contributed by atoms with Crippen molar-refractivity contribution in [1.82, 2.24) is 0 Å². The average Bonchev–Trinajstić information content (AvgIpc) is 2.38. The Morgan fingerprint density at radius 2 is 2.32 bits per heavy atom. The summed E-state index contributed by atoms with van der Waals surface area (Å²) in [7, 11) is 1.99. The summed E-state index contributed by atoms with van der Waals surface area (Å²) >= 11 is 1.80. The maximum absolute atomic E-state index is 13.5. The third-order valence-corrected chi connectivity index (χ3v) is 5.40. The number of carbonyl (C=O) groups is 1. The number of thioether (sulfide) groups is 1. The van der Waals surface area contributed by atoms with Gasteiger partial charge in [0.1, 0.15) is 5.82 Å². The van der Waals surface area contributed by atoms with Crippen LogP contribution in [0.3, 0.4) is 0 Å². The van der Waals surface area contributed by atoms with Crippen LogP contribution in [0.2, 0.25) is 0 Å². The molecule has 2 aliphatic heterocycles. The second kappa shape index (κ2) is 4.71. The van der Waals surface area contributed by atoms with E-state index in [0.29, 0.717) is 5.56 Å². The van der Waals surface area contributed by atoms with E-state index < -0.39 is 11.9 Å². The van der Waals surface area contributed by atoms with Gasteiger partial charge in [-0.1, -0.05) is 0 Å². The van der Waals surface area contributed by atoms with E-state index in [2.05, 4.69) is 4.90 Å². The molecule has 5 heteroatoms. The molecule has 1 fully saturated rings. The molecule has 19 heavy (non-hydrogen) atoms. The second-order valence-corrected chi connectivity index (χ2v) is 6.37. The Labute approximate surface area is 115 Å². The maximum Gasteiger partial charge on any atom is 0.311 e. The Bertz CT molecular complexity index is 522.